The first kappa shape index (κ1) is 16.7. The standard InChI is InChI=1S/C18H21N3O2/c1-13-4-5-14(2)16(12-13)20-17(22)18(23)21(3)11-8-15-6-9-19-10-7-15/h4-7,9-10,12H,8,11H2,1-3H3,(H,20,22). The molecule has 2 rings (SSSR count). The van der Waals surface area contributed by atoms with Gasteiger partial charge in [-0.05, 0) is 55.2 Å². The molecule has 2 aromatic rings. The third-order valence-electron chi connectivity index (χ3n) is 3.67. The van der Waals surface area contributed by atoms with Gasteiger partial charge in [-0.2, -0.15) is 0 Å². The van der Waals surface area contributed by atoms with Gasteiger partial charge >= 0.3 is 11.8 Å². The van der Waals surface area contributed by atoms with Gasteiger partial charge in [-0.3, -0.25) is 14.6 Å². The van der Waals surface area contributed by atoms with Crippen molar-refractivity contribution in [3.05, 3.63) is 59.4 Å². The van der Waals surface area contributed by atoms with E-state index in [-0.39, 0.29) is 0 Å². The number of anilines is 1. The number of rotatable bonds is 4. The van der Waals surface area contributed by atoms with Crippen molar-refractivity contribution in [3.8, 4) is 0 Å². The lowest BCUT2D eigenvalue weighted by Crippen LogP contribution is -2.38. The molecular formula is C18H21N3O2. The van der Waals surface area contributed by atoms with Crippen LogP contribution in [0.2, 0.25) is 0 Å². The molecule has 5 nitrogen and oxygen atoms in total. The van der Waals surface area contributed by atoms with Crippen LogP contribution in [-0.4, -0.2) is 35.3 Å². The number of nitrogens with one attached hydrogen (secondary N) is 1. The van der Waals surface area contributed by atoms with E-state index in [1.165, 1.54) is 4.90 Å². The van der Waals surface area contributed by atoms with Crippen molar-refractivity contribution in [1.82, 2.24) is 9.88 Å². The van der Waals surface area contributed by atoms with Crippen molar-refractivity contribution in [2.45, 2.75) is 20.3 Å². The molecule has 0 spiro atoms. The van der Waals surface area contributed by atoms with Gasteiger partial charge in [-0.1, -0.05) is 12.1 Å². The molecule has 2 amide bonds. The van der Waals surface area contributed by atoms with Crippen LogP contribution in [0.15, 0.2) is 42.7 Å². The smallest absolute Gasteiger partial charge is 0.313 e. The molecule has 120 valence electrons. The monoisotopic (exact) mass is 311 g/mol. The summed E-state index contributed by atoms with van der Waals surface area (Å²) in [7, 11) is 1.63. The minimum atomic E-state index is -0.615. The van der Waals surface area contributed by atoms with Crippen LogP contribution >= 0.6 is 0 Å². The Morgan fingerprint density at radius 2 is 1.83 bits per heavy atom. The van der Waals surface area contributed by atoms with E-state index in [4.69, 9.17) is 0 Å². The Hall–Kier alpha value is -2.69. The summed E-state index contributed by atoms with van der Waals surface area (Å²) in [6, 6.07) is 9.54. The van der Waals surface area contributed by atoms with Crippen LogP contribution in [-0.2, 0) is 16.0 Å². The Morgan fingerprint density at radius 1 is 1.13 bits per heavy atom. The maximum absolute atomic E-state index is 12.2. The lowest BCUT2D eigenvalue weighted by Gasteiger charge is -2.17. The zero-order chi connectivity index (χ0) is 16.8. The molecule has 1 heterocycles. The Balaban J connectivity index is 1.93. The average Bonchev–Trinajstić information content (AvgIpc) is 2.56. The summed E-state index contributed by atoms with van der Waals surface area (Å²) < 4.78 is 0. The average molecular weight is 311 g/mol. The van der Waals surface area contributed by atoms with E-state index in [1.54, 1.807) is 19.4 Å². The van der Waals surface area contributed by atoms with Gasteiger partial charge < -0.3 is 10.2 Å². The first-order valence-electron chi connectivity index (χ1n) is 7.50. The summed E-state index contributed by atoms with van der Waals surface area (Å²) in [6.07, 6.45) is 4.11. The molecule has 0 aliphatic rings. The van der Waals surface area contributed by atoms with E-state index in [9.17, 15) is 9.59 Å². The first-order chi connectivity index (χ1) is 11.0. The number of carbonyl (C=O) groups is 2. The summed E-state index contributed by atoms with van der Waals surface area (Å²) >= 11 is 0. The first-order valence-corrected chi connectivity index (χ1v) is 7.50. The number of amides is 2. The van der Waals surface area contributed by atoms with Gasteiger partial charge in [0.1, 0.15) is 0 Å². The van der Waals surface area contributed by atoms with Crippen molar-refractivity contribution in [3.63, 3.8) is 0 Å². The SMILES string of the molecule is Cc1ccc(C)c(NC(=O)C(=O)N(C)CCc2ccncc2)c1. The largest absolute Gasteiger partial charge is 0.337 e. The molecule has 0 saturated carbocycles. The Kier molecular flexibility index (Phi) is 5.46. The van der Waals surface area contributed by atoms with Gasteiger partial charge in [0, 0.05) is 31.7 Å². The molecule has 1 aromatic carbocycles. The fraction of sp³-hybridized carbons (Fsp3) is 0.278. The van der Waals surface area contributed by atoms with Gasteiger partial charge in [-0.25, -0.2) is 0 Å². The van der Waals surface area contributed by atoms with Gasteiger partial charge in [0.2, 0.25) is 0 Å². The molecule has 0 aliphatic carbocycles. The van der Waals surface area contributed by atoms with Crippen molar-refractivity contribution < 1.29 is 9.59 Å². The van der Waals surface area contributed by atoms with E-state index in [1.807, 2.05) is 44.2 Å². The third-order valence-corrected chi connectivity index (χ3v) is 3.67. The zero-order valence-corrected chi connectivity index (χ0v) is 13.7. The minimum Gasteiger partial charge on any atom is -0.337 e. The summed E-state index contributed by atoms with van der Waals surface area (Å²) in [6.45, 7) is 4.31. The quantitative estimate of drug-likeness (QED) is 0.882. The van der Waals surface area contributed by atoms with Crippen LogP contribution in [0.25, 0.3) is 0 Å². The van der Waals surface area contributed by atoms with E-state index in [0.29, 0.717) is 18.7 Å². The molecule has 0 aliphatic heterocycles. The lowest BCUT2D eigenvalue weighted by atomic mass is 10.1. The molecule has 5 heteroatoms. The van der Waals surface area contributed by atoms with Gasteiger partial charge in [0.05, 0.1) is 0 Å². The molecule has 1 aromatic heterocycles. The molecule has 0 bridgehead atoms. The second kappa shape index (κ2) is 7.54. The second-order valence-electron chi connectivity index (χ2n) is 5.60. The summed E-state index contributed by atoms with van der Waals surface area (Å²) in [5, 5.41) is 2.69. The minimum absolute atomic E-state index is 0.475. The van der Waals surface area contributed by atoms with Crippen LogP contribution < -0.4 is 5.32 Å². The summed E-state index contributed by atoms with van der Waals surface area (Å²) in [5.74, 6) is -1.16. The molecule has 1 N–H and O–H groups in total. The lowest BCUT2D eigenvalue weighted by molar-refractivity contribution is -0.142. The highest BCUT2D eigenvalue weighted by atomic mass is 16.2. The molecule has 0 radical (unpaired) electrons. The summed E-state index contributed by atoms with van der Waals surface area (Å²) in [4.78, 5) is 29.7. The number of hydrogen-bond acceptors (Lipinski definition) is 3. The Labute approximate surface area is 136 Å². The van der Waals surface area contributed by atoms with Gasteiger partial charge in [0.25, 0.3) is 0 Å². The third kappa shape index (κ3) is 4.64. The predicted molar refractivity (Wildman–Crippen MR) is 90.1 cm³/mol. The van der Waals surface area contributed by atoms with E-state index < -0.39 is 11.8 Å². The number of hydrogen-bond donors (Lipinski definition) is 1. The predicted octanol–water partition coefficient (Wildman–Crippen LogP) is 2.34. The molecule has 23 heavy (non-hydrogen) atoms. The van der Waals surface area contributed by atoms with Crippen LogP contribution in [0.3, 0.4) is 0 Å². The Bertz CT molecular complexity index is 699. The molecular weight excluding hydrogens is 290 g/mol. The number of nitrogens with zero attached hydrogens (tertiary/aromatic N) is 2. The van der Waals surface area contributed by atoms with Crippen molar-refractivity contribution in [2.24, 2.45) is 0 Å². The summed E-state index contributed by atoms with van der Waals surface area (Å²) in [5.41, 5.74) is 3.71. The highest BCUT2D eigenvalue weighted by Gasteiger charge is 2.19. The number of aromatic nitrogens is 1. The molecule has 0 saturated heterocycles. The zero-order valence-electron chi connectivity index (χ0n) is 13.7. The molecule has 0 atom stereocenters. The van der Waals surface area contributed by atoms with Gasteiger partial charge in [0.15, 0.2) is 0 Å². The van der Waals surface area contributed by atoms with Crippen molar-refractivity contribution in [2.75, 3.05) is 18.9 Å². The number of benzene rings is 1. The maximum Gasteiger partial charge on any atom is 0.313 e. The number of pyridine rings is 1. The molecule has 0 unspecified atom stereocenters. The number of aryl methyl sites for hydroxylation is 2. The maximum atomic E-state index is 12.2. The van der Waals surface area contributed by atoms with Crippen molar-refractivity contribution in [1.29, 1.82) is 0 Å². The normalized spacial score (nSPS) is 10.2. The highest BCUT2D eigenvalue weighted by Crippen LogP contribution is 2.16. The number of carbonyl (C=O) groups excluding carboxylic acids is 2. The van der Waals surface area contributed by atoms with E-state index >= 15 is 0 Å². The van der Waals surface area contributed by atoms with Gasteiger partial charge in [-0.15, -0.1) is 0 Å². The Morgan fingerprint density at radius 3 is 2.52 bits per heavy atom. The fourth-order valence-corrected chi connectivity index (χ4v) is 2.17. The van der Waals surface area contributed by atoms with Crippen LogP contribution in [0, 0.1) is 13.8 Å². The van der Waals surface area contributed by atoms with Crippen LogP contribution in [0.5, 0.6) is 0 Å². The van der Waals surface area contributed by atoms with E-state index in [0.717, 1.165) is 16.7 Å². The topological polar surface area (TPSA) is 62.3 Å². The van der Waals surface area contributed by atoms with E-state index in [2.05, 4.69) is 10.3 Å². The fourth-order valence-electron chi connectivity index (χ4n) is 2.17. The van der Waals surface area contributed by atoms with Crippen LogP contribution in [0.4, 0.5) is 5.69 Å². The highest BCUT2D eigenvalue weighted by molar-refractivity contribution is 6.39. The number of likely N-dealkylation sites (N-methyl/N-ethyl adjacent to an activating group) is 1. The van der Waals surface area contributed by atoms with Crippen molar-refractivity contribution >= 4 is 17.5 Å². The molecule has 0 fully saturated rings. The second-order valence-corrected chi connectivity index (χ2v) is 5.60. The van der Waals surface area contributed by atoms with Crippen LogP contribution in [0.1, 0.15) is 16.7 Å².